The molecule has 0 saturated carbocycles. The molecule has 0 aromatic heterocycles. The summed E-state index contributed by atoms with van der Waals surface area (Å²) >= 11 is 0. The maximum Gasteiger partial charge on any atom is 0.0807 e. The lowest BCUT2D eigenvalue weighted by molar-refractivity contribution is 0.403. The molecule has 4 heteroatoms. The Balaban J connectivity index is -0.000000105. The first-order valence-electron chi connectivity index (χ1n) is 8.19. The van der Waals surface area contributed by atoms with Crippen molar-refractivity contribution in [1.29, 1.82) is 0 Å². The number of hydrogen-bond acceptors (Lipinski definition) is 4. The van der Waals surface area contributed by atoms with Gasteiger partial charge in [-0.2, -0.15) is 0 Å². The molecule has 0 spiro atoms. The Bertz CT molecular complexity index is 172. The SMILES string of the molecule is C.C.C.C.CCC1CO1.CCC1CO1.CCC1CO1.CCC1CO1. The molecule has 24 heavy (non-hydrogen) atoms. The number of rotatable bonds is 4. The minimum Gasteiger partial charge on any atom is -0.373 e. The molecule has 0 amide bonds. The Morgan fingerprint density at radius 1 is 0.458 bits per heavy atom. The molecule has 4 aliphatic rings. The molecule has 4 saturated heterocycles. The lowest BCUT2D eigenvalue weighted by atomic mass is 10.4. The monoisotopic (exact) mass is 352 g/mol. The van der Waals surface area contributed by atoms with E-state index in [0.29, 0.717) is 24.4 Å². The number of hydrogen-bond donors (Lipinski definition) is 0. The van der Waals surface area contributed by atoms with Crippen LogP contribution in [0.5, 0.6) is 0 Å². The predicted molar refractivity (Wildman–Crippen MR) is 107 cm³/mol. The van der Waals surface area contributed by atoms with Gasteiger partial charge in [-0.15, -0.1) is 0 Å². The van der Waals surface area contributed by atoms with Gasteiger partial charge in [0.2, 0.25) is 0 Å². The fraction of sp³-hybridized carbons (Fsp3) is 1.00. The molecule has 4 aliphatic heterocycles. The molecule has 0 bridgehead atoms. The van der Waals surface area contributed by atoms with Crippen molar-refractivity contribution in [3.63, 3.8) is 0 Å². The molecule has 4 heterocycles. The van der Waals surface area contributed by atoms with Crippen LogP contribution >= 0.6 is 0 Å². The third-order valence-corrected chi connectivity index (χ3v) is 3.43. The first kappa shape index (κ1) is 31.6. The molecule has 0 aromatic carbocycles. The quantitative estimate of drug-likeness (QED) is 0.607. The van der Waals surface area contributed by atoms with Gasteiger partial charge in [0, 0.05) is 0 Å². The number of epoxide rings is 4. The third kappa shape index (κ3) is 24.1. The molecule has 4 rings (SSSR count). The van der Waals surface area contributed by atoms with Crippen molar-refractivity contribution in [2.24, 2.45) is 0 Å². The summed E-state index contributed by atoms with van der Waals surface area (Å²) in [6.07, 6.45) is 7.31. The molecule has 0 N–H and O–H groups in total. The summed E-state index contributed by atoms with van der Waals surface area (Å²) in [5.41, 5.74) is 0. The van der Waals surface area contributed by atoms with Crippen LogP contribution in [0.15, 0.2) is 0 Å². The topological polar surface area (TPSA) is 50.1 Å². The van der Waals surface area contributed by atoms with E-state index in [0.717, 1.165) is 26.4 Å². The van der Waals surface area contributed by atoms with Gasteiger partial charge in [-0.1, -0.05) is 57.4 Å². The van der Waals surface area contributed by atoms with Crippen molar-refractivity contribution in [1.82, 2.24) is 0 Å². The highest BCUT2D eigenvalue weighted by Crippen LogP contribution is 2.12. The first-order chi connectivity index (χ1) is 9.73. The maximum atomic E-state index is 4.86. The van der Waals surface area contributed by atoms with E-state index < -0.39 is 0 Å². The lowest BCUT2D eigenvalue weighted by Crippen LogP contribution is -1.73. The molecule has 0 aliphatic carbocycles. The molecule has 4 nitrogen and oxygen atoms in total. The van der Waals surface area contributed by atoms with Crippen LogP contribution in [0, 0.1) is 0 Å². The standard InChI is InChI=1S/4C4H8O.4CH4/c4*1-2-4-3-5-4;;;;/h4*4H,2-3H2,1H3;4*1H4. The van der Waals surface area contributed by atoms with Crippen LogP contribution < -0.4 is 0 Å². The van der Waals surface area contributed by atoms with Crippen molar-refractivity contribution in [3.05, 3.63) is 0 Å². The van der Waals surface area contributed by atoms with E-state index in [1.807, 2.05) is 0 Å². The zero-order chi connectivity index (χ0) is 14.8. The van der Waals surface area contributed by atoms with Crippen molar-refractivity contribution in [2.45, 2.75) is 108 Å². The summed E-state index contributed by atoms with van der Waals surface area (Å²) in [6.45, 7) is 12.6. The Kier molecular flexibility index (Phi) is 25.2. The highest BCUT2D eigenvalue weighted by atomic mass is 16.6. The molecule has 4 unspecified atom stereocenters. The smallest absolute Gasteiger partial charge is 0.0807 e. The average molecular weight is 353 g/mol. The van der Waals surface area contributed by atoms with Gasteiger partial charge in [0.25, 0.3) is 0 Å². The summed E-state index contributed by atoms with van der Waals surface area (Å²) in [7, 11) is 0. The third-order valence-electron chi connectivity index (χ3n) is 3.43. The molecular weight excluding hydrogens is 304 g/mol. The van der Waals surface area contributed by atoms with Crippen LogP contribution in [-0.4, -0.2) is 50.8 Å². The van der Waals surface area contributed by atoms with E-state index in [4.69, 9.17) is 18.9 Å². The Morgan fingerprint density at radius 3 is 0.583 bits per heavy atom. The van der Waals surface area contributed by atoms with Crippen LogP contribution in [-0.2, 0) is 18.9 Å². The van der Waals surface area contributed by atoms with Crippen molar-refractivity contribution >= 4 is 0 Å². The summed E-state index contributed by atoms with van der Waals surface area (Å²) in [6, 6.07) is 0. The molecule has 4 atom stereocenters. The van der Waals surface area contributed by atoms with E-state index >= 15 is 0 Å². The van der Waals surface area contributed by atoms with Crippen molar-refractivity contribution < 1.29 is 18.9 Å². The predicted octanol–water partition coefficient (Wildman–Crippen LogP) is 5.73. The molecule has 0 radical (unpaired) electrons. The summed E-state index contributed by atoms with van der Waals surface area (Å²) < 4.78 is 19.4. The highest BCUT2D eigenvalue weighted by Gasteiger charge is 2.19. The molecule has 0 aromatic rings. The largest absolute Gasteiger partial charge is 0.373 e. The molecule has 152 valence electrons. The van der Waals surface area contributed by atoms with Crippen LogP contribution in [0.2, 0.25) is 0 Å². The summed E-state index contributed by atoms with van der Waals surface area (Å²) in [5.74, 6) is 0. The minimum absolute atomic E-state index is 0. The van der Waals surface area contributed by atoms with Crippen LogP contribution in [0.25, 0.3) is 0 Å². The van der Waals surface area contributed by atoms with Crippen LogP contribution in [0.3, 0.4) is 0 Å². The zero-order valence-electron chi connectivity index (χ0n) is 13.6. The fourth-order valence-electron chi connectivity index (χ4n) is 1.21. The van der Waals surface area contributed by atoms with Gasteiger partial charge in [-0.3, -0.25) is 0 Å². The zero-order valence-corrected chi connectivity index (χ0v) is 13.6. The summed E-state index contributed by atoms with van der Waals surface area (Å²) in [4.78, 5) is 0. The van der Waals surface area contributed by atoms with Gasteiger partial charge < -0.3 is 18.9 Å². The van der Waals surface area contributed by atoms with E-state index in [1.54, 1.807) is 0 Å². The first-order valence-corrected chi connectivity index (χ1v) is 8.19. The van der Waals surface area contributed by atoms with E-state index in [2.05, 4.69) is 27.7 Å². The van der Waals surface area contributed by atoms with Gasteiger partial charge >= 0.3 is 0 Å². The van der Waals surface area contributed by atoms with E-state index in [-0.39, 0.29) is 29.7 Å². The minimum atomic E-state index is 0. The van der Waals surface area contributed by atoms with Crippen LogP contribution in [0.1, 0.15) is 83.1 Å². The Labute approximate surface area is 153 Å². The Morgan fingerprint density at radius 2 is 0.583 bits per heavy atom. The summed E-state index contributed by atoms with van der Waals surface area (Å²) in [5, 5.41) is 0. The normalized spacial score (nSPS) is 28.5. The fourth-order valence-corrected chi connectivity index (χ4v) is 1.21. The molecule has 4 fully saturated rings. The van der Waals surface area contributed by atoms with Gasteiger partial charge in [0.15, 0.2) is 0 Å². The van der Waals surface area contributed by atoms with Crippen molar-refractivity contribution in [2.75, 3.05) is 26.4 Å². The van der Waals surface area contributed by atoms with Gasteiger partial charge in [-0.25, -0.2) is 0 Å². The second-order valence-corrected chi connectivity index (χ2v) is 5.45. The van der Waals surface area contributed by atoms with Crippen LogP contribution in [0.4, 0.5) is 0 Å². The van der Waals surface area contributed by atoms with Gasteiger partial charge in [-0.05, 0) is 25.7 Å². The second-order valence-electron chi connectivity index (χ2n) is 5.45. The highest BCUT2D eigenvalue weighted by molar-refractivity contribution is 4.65. The van der Waals surface area contributed by atoms with Crippen molar-refractivity contribution in [3.8, 4) is 0 Å². The van der Waals surface area contributed by atoms with Gasteiger partial charge in [0.05, 0.1) is 50.8 Å². The lowest BCUT2D eigenvalue weighted by Gasteiger charge is -1.69. The van der Waals surface area contributed by atoms with E-state index in [1.165, 1.54) is 25.7 Å². The second kappa shape index (κ2) is 19.2. The Hall–Kier alpha value is -0.160. The molecular formula is C20H48O4. The van der Waals surface area contributed by atoms with E-state index in [9.17, 15) is 0 Å². The average Bonchev–Trinajstić information content (AvgIpc) is 3.33. The number of ether oxygens (including phenoxy) is 4. The van der Waals surface area contributed by atoms with Gasteiger partial charge in [0.1, 0.15) is 0 Å². The maximum absolute atomic E-state index is 4.86.